The molecule has 3 heterocycles. The van der Waals surface area contributed by atoms with Gasteiger partial charge in [-0.15, -0.1) is 3.71 Å². The Morgan fingerprint density at radius 3 is 2.59 bits per heavy atom. The summed E-state index contributed by atoms with van der Waals surface area (Å²) in [4.78, 5) is 32.5. The number of anilines is 2. The van der Waals surface area contributed by atoms with E-state index >= 15 is 0 Å². The van der Waals surface area contributed by atoms with Crippen LogP contribution in [0.25, 0.3) is 0 Å². The average Bonchev–Trinajstić information content (AvgIpc) is 2.85. The fraction of sp³-hybridized carbons (Fsp3) is 0.562. The van der Waals surface area contributed by atoms with E-state index in [-0.39, 0.29) is 11.8 Å². The number of rotatable bonds is 4. The van der Waals surface area contributed by atoms with E-state index in [1.54, 1.807) is 23.2 Å². The zero-order chi connectivity index (χ0) is 19.6. The molecule has 2 unspecified atom stereocenters. The Hall–Kier alpha value is -1.27. The SMILES string of the molecule is O=C1CCCCCN1c1ccc(N2CCCC(N(S)S(=O)(O)=S)C2=O)nc1. The Morgan fingerprint density at radius 1 is 1.19 bits per heavy atom. The molecule has 0 spiro atoms. The van der Waals surface area contributed by atoms with Gasteiger partial charge in [0.2, 0.25) is 20.8 Å². The van der Waals surface area contributed by atoms with Gasteiger partial charge in [-0.2, -0.15) is 0 Å². The normalized spacial score (nSPS) is 24.0. The minimum Gasteiger partial charge on any atom is -0.311 e. The molecule has 2 amide bonds. The third kappa shape index (κ3) is 4.60. The number of carbonyl (C=O) groups is 2. The highest BCUT2D eigenvalue weighted by molar-refractivity contribution is 8.30. The molecule has 1 aromatic rings. The van der Waals surface area contributed by atoms with Crippen LogP contribution in [-0.4, -0.2) is 48.4 Å². The van der Waals surface area contributed by atoms with Gasteiger partial charge in [-0.05, 0) is 37.8 Å². The van der Waals surface area contributed by atoms with Gasteiger partial charge in [0.05, 0.1) is 11.9 Å². The molecule has 2 aliphatic rings. The van der Waals surface area contributed by atoms with Crippen molar-refractivity contribution in [1.29, 1.82) is 0 Å². The summed E-state index contributed by atoms with van der Waals surface area (Å²) in [5.74, 6) is 0.158. The summed E-state index contributed by atoms with van der Waals surface area (Å²) in [6.45, 7) is 1.12. The summed E-state index contributed by atoms with van der Waals surface area (Å²) >= 11 is 8.48. The van der Waals surface area contributed by atoms with Gasteiger partial charge in [-0.3, -0.25) is 19.0 Å². The average molecular weight is 431 g/mol. The number of aromatic nitrogens is 1. The van der Waals surface area contributed by atoms with Crippen LogP contribution >= 0.6 is 12.8 Å². The molecule has 148 valence electrons. The third-order valence-electron chi connectivity index (χ3n) is 4.81. The molecular weight excluding hydrogens is 408 g/mol. The van der Waals surface area contributed by atoms with Gasteiger partial charge in [0, 0.05) is 30.7 Å². The summed E-state index contributed by atoms with van der Waals surface area (Å²) in [7, 11) is -3.75. The van der Waals surface area contributed by atoms with Gasteiger partial charge in [0.15, 0.2) is 0 Å². The number of amides is 2. The monoisotopic (exact) mass is 430 g/mol. The van der Waals surface area contributed by atoms with E-state index in [0.29, 0.717) is 43.9 Å². The molecule has 8 nitrogen and oxygen atoms in total. The van der Waals surface area contributed by atoms with Gasteiger partial charge in [0.25, 0.3) is 0 Å². The number of carbonyl (C=O) groups excluding carboxylic acids is 2. The largest absolute Gasteiger partial charge is 0.311 e. The smallest absolute Gasteiger partial charge is 0.247 e. The predicted octanol–water partition coefficient (Wildman–Crippen LogP) is 1.77. The van der Waals surface area contributed by atoms with Crippen molar-refractivity contribution in [2.45, 2.75) is 44.6 Å². The Bertz CT molecular complexity index is 815. The van der Waals surface area contributed by atoms with E-state index in [4.69, 9.17) is 0 Å². The Balaban J connectivity index is 1.78. The highest BCUT2D eigenvalue weighted by atomic mass is 32.9. The first-order chi connectivity index (χ1) is 12.8. The van der Waals surface area contributed by atoms with Gasteiger partial charge in [-0.1, -0.05) is 19.2 Å². The van der Waals surface area contributed by atoms with Gasteiger partial charge in [-0.25, -0.2) is 9.19 Å². The van der Waals surface area contributed by atoms with Crippen LogP contribution in [-0.2, 0) is 29.7 Å². The van der Waals surface area contributed by atoms with Gasteiger partial charge >= 0.3 is 0 Å². The second-order valence-corrected chi connectivity index (χ2v) is 9.92. The molecule has 0 bridgehead atoms. The molecule has 1 N–H and O–H groups in total. The number of hydrogen-bond acceptors (Lipinski definition) is 6. The maximum absolute atomic E-state index is 12.7. The first kappa shape index (κ1) is 20.5. The van der Waals surface area contributed by atoms with Crippen molar-refractivity contribution >= 4 is 56.3 Å². The molecular formula is C16H22N4O4S3. The standard InChI is InChI=1S/C16H22N4O4S3/c21-15-6-2-1-3-9-18(15)12-7-8-14(17-11-12)19-10-4-5-13(16(19)22)20(25)27(23,24)26/h7-8,11,13,25H,1-6,9-10H2,(H,23,24,26). The molecule has 1 aromatic heterocycles. The lowest BCUT2D eigenvalue weighted by Crippen LogP contribution is -2.51. The minimum atomic E-state index is -3.75. The van der Waals surface area contributed by atoms with Crippen LogP contribution in [0, 0.1) is 0 Å². The van der Waals surface area contributed by atoms with Crippen molar-refractivity contribution in [2.24, 2.45) is 0 Å². The minimum absolute atomic E-state index is 0.0880. The van der Waals surface area contributed by atoms with Crippen LogP contribution in [0.5, 0.6) is 0 Å². The lowest BCUT2D eigenvalue weighted by Gasteiger charge is -2.34. The van der Waals surface area contributed by atoms with E-state index < -0.39 is 15.0 Å². The molecule has 2 fully saturated rings. The fourth-order valence-electron chi connectivity index (χ4n) is 3.40. The van der Waals surface area contributed by atoms with E-state index in [2.05, 4.69) is 29.0 Å². The zero-order valence-electron chi connectivity index (χ0n) is 14.7. The number of piperidine rings is 1. The van der Waals surface area contributed by atoms with Crippen molar-refractivity contribution in [2.75, 3.05) is 22.9 Å². The van der Waals surface area contributed by atoms with E-state index in [9.17, 15) is 18.4 Å². The van der Waals surface area contributed by atoms with Gasteiger partial charge in [0.1, 0.15) is 11.9 Å². The van der Waals surface area contributed by atoms with Gasteiger partial charge < -0.3 is 4.90 Å². The van der Waals surface area contributed by atoms with Crippen LogP contribution in [0.3, 0.4) is 0 Å². The molecule has 11 heteroatoms. The quantitative estimate of drug-likeness (QED) is 0.707. The van der Waals surface area contributed by atoms with E-state index in [0.717, 1.165) is 23.0 Å². The molecule has 2 aliphatic heterocycles. The van der Waals surface area contributed by atoms with Crippen LogP contribution in [0.1, 0.15) is 38.5 Å². The van der Waals surface area contributed by atoms with E-state index in [1.165, 1.54) is 4.90 Å². The lowest BCUT2D eigenvalue weighted by molar-refractivity contribution is -0.122. The van der Waals surface area contributed by atoms with E-state index in [1.807, 2.05) is 0 Å². The number of nitrogens with zero attached hydrogens (tertiary/aromatic N) is 4. The van der Waals surface area contributed by atoms with Crippen molar-refractivity contribution in [3.63, 3.8) is 0 Å². The fourth-order valence-corrected chi connectivity index (χ4v) is 4.45. The molecule has 27 heavy (non-hydrogen) atoms. The molecule has 0 saturated carbocycles. The second kappa shape index (κ2) is 8.39. The molecule has 2 atom stereocenters. The second-order valence-electron chi connectivity index (χ2n) is 6.63. The molecule has 0 aromatic carbocycles. The number of thiol groups is 1. The van der Waals surface area contributed by atoms with Crippen molar-refractivity contribution in [1.82, 2.24) is 8.69 Å². The summed E-state index contributed by atoms with van der Waals surface area (Å²) in [5, 5.41) is 0. The first-order valence-electron chi connectivity index (χ1n) is 8.82. The van der Waals surface area contributed by atoms with Crippen molar-refractivity contribution in [3.8, 4) is 0 Å². The molecule has 2 saturated heterocycles. The topological polar surface area (TPSA) is 94.0 Å². The van der Waals surface area contributed by atoms with Crippen LogP contribution in [0.4, 0.5) is 11.5 Å². The summed E-state index contributed by atoms with van der Waals surface area (Å²) in [6, 6.07) is 2.59. The lowest BCUT2D eigenvalue weighted by atomic mass is 10.1. The number of hydrogen-bond donors (Lipinski definition) is 2. The third-order valence-corrected chi connectivity index (χ3v) is 7.29. The summed E-state index contributed by atoms with van der Waals surface area (Å²) in [6.07, 6.45) is 6.05. The maximum atomic E-state index is 12.7. The van der Waals surface area contributed by atoms with Crippen molar-refractivity contribution < 1.29 is 18.4 Å². The van der Waals surface area contributed by atoms with Crippen LogP contribution < -0.4 is 9.80 Å². The maximum Gasteiger partial charge on any atom is 0.247 e. The highest BCUT2D eigenvalue weighted by Crippen LogP contribution is 2.27. The Kier molecular flexibility index (Phi) is 6.36. The molecule has 0 aliphatic carbocycles. The predicted molar refractivity (Wildman–Crippen MR) is 109 cm³/mol. The number of pyridine rings is 1. The highest BCUT2D eigenvalue weighted by Gasteiger charge is 2.37. The summed E-state index contributed by atoms with van der Waals surface area (Å²) in [5.41, 5.74) is 0.714. The summed E-state index contributed by atoms with van der Waals surface area (Å²) < 4.78 is 21.9. The Labute approximate surface area is 169 Å². The van der Waals surface area contributed by atoms with Crippen LogP contribution in [0.2, 0.25) is 0 Å². The molecule has 3 rings (SSSR count). The Morgan fingerprint density at radius 2 is 1.93 bits per heavy atom. The molecule has 0 radical (unpaired) electrons. The van der Waals surface area contributed by atoms with Crippen LogP contribution in [0.15, 0.2) is 18.3 Å². The van der Waals surface area contributed by atoms with Crippen molar-refractivity contribution in [3.05, 3.63) is 18.3 Å². The zero-order valence-corrected chi connectivity index (χ0v) is 17.2. The first-order valence-corrected chi connectivity index (χ1v) is 11.6.